The number of aryl methyl sites for hydroxylation is 1. The van der Waals surface area contributed by atoms with Gasteiger partial charge in [0.05, 0.1) is 23.4 Å². The molecule has 7 nitrogen and oxygen atoms in total. The van der Waals surface area contributed by atoms with Crippen molar-refractivity contribution >= 4 is 29.2 Å². The van der Waals surface area contributed by atoms with Crippen molar-refractivity contribution in [1.29, 1.82) is 0 Å². The predicted octanol–water partition coefficient (Wildman–Crippen LogP) is 4.92. The number of ketones is 1. The molecular weight excluding hydrogens is 475 g/mol. The molecule has 1 aliphatic rings. The Morgan fingerprint density at radius 1 is 1.00 bits per heavy atom. The first-order chi connectivity index (χ1) is 17.0. The van der Waals surface area contributed by atoms with E-state index in [-0.39, 0.29) is 16.8 Å². The lowest BCUT2D eigenvalue weighted by Crippen LogP contribution is -2.29. The van der Waals surface area contributed by atoms with Crippen LogP contribution in [0.3, 0.4) is 0 Å². The van der Waals surface area contributed by atoms with Crippen LogP contribution in [0.15, 0.2) is 54.7 Å². The molecule has 3 aromatic rings. The first kappa shape index (κ1) is 24.9. The normalized spacial score (nSPS) is 13.2. The van der Waals surface area contributed by atoms with E-state index in [1.54, 1.807) is 24.4 Å². The van der Waals surface area contributed by atoms with E-state index in [1.807, 2.05) is 23.5 Å². The van der Waals surface area contributed by atoms with Gasteiger partial charge in [0.1, 0.15) is 6.09 Å². The highest BCUT2D eigenvalue weighted by molar-refractivity contribution is 6.12. The van der Waals surface area contributed by atoms with Gasteiger partial charge in [0.15, 0.2) is 5.78 Å². The molecule has 1 aliphatic carbocycles. The predicted molar refractivity (Wildman–Crippen MR) is 124 cm³/mol. The van der Waals surface area contributed by atoms with Gasteiger partial charge in [-0.25, -0.2) is 0 Å². The lowest BCUT2D eigenvalue weighted by Gasteiger charge is -2.18. The van der Waals surface area contributed by atoms with Crippen molar-refractivity contribution in [3.63, 3.8) is 0 Å². The van der Waals surface area contributed by atoms with E-state index in [9.17, 15) is 32.7 Å². The molecular formula is C26H21F3N3O4-. The van der Waals surface area contributed by atoms with Crippen LogP contribution >= 0.6 is 0 Å². The van der Waals surface area contributed by atoms with Crippen LogP contribution < -0.4 is 15.7 Å². The minimum absolute atomic E-state index is 0.250. The first-order valence-electron chi connectivity index (χ1n) is 11.1. The minimum atomic E-state index is -4.73. The number of amides is 2. The number of anilines is 2. The maximum Gasteiger partial charge on any atom is 0.416 e. The van der Waals surface area contributed by atoms with Crippen molar-refractivity contribution in [3.8, 4) is 11.1 Å². The van der Waals surface area contributed by atoms with Crippen LogP contribution in [0.1, 0.15) is 52.4 Å². The van der Waals surface area contributed by atoms with E-state index < -0.39 is 41.6 Å². The third-order valence-electron chi connectivity index (χ3n) is 5.80. The van der Waals surface area contributed by atoms with Crippen LogP contribution in [0.25, 0.3) is 11.1 Å². The molecule has 2 N–H and O–H groups in total. The van der Waals surface area contributed by atoms with E-state index in [2.05, 4.69) is 10.3 Å². The zero-order valence-electron chi connectivity index (χ0n) is 19.1. The number of hydrogen-bond acceptors (Lipinski definition) is 5. The number of carbonyl (C=O) groups is 3. The van der Waals surface area contributed by atoms with Crippen molar-refractivity contribution in [1.82, 2.24) is 4.98 Å². The number of aromatic nitrogens is 1. The second kappa shape index (κ2) is 9.80. The fourth-order valence-electron chi connectivity index (χ4n) is 3.87. The molecule has 0 atom stereocenters. The topological polar surface area (TPSA) is 111 Å². The summed E-state index contributed by atoms with van der Waals surface area (Å²) in [7, 11) is 0. The van der Waals surface area contributed by atoms with Gasteiger partial charge in [-0.3, -0.25) is 14.6 Å². The summed E-state index contributed by atoms with van der Waals surface area (Å²) < 4.78 is 40.0. The Bertz CT molecular complexity index is 1350. The minimum Gasteiger partial charge on any atom is -0.530 e. The zero-order valence-corrected chi connectivity index (χ0v) is 19.1. The van der Waals surface area contributed by atoms with Gasteiger partial charge in [0.25, 0.3) is 0 Å². The molecule has 0 aliphatic heterocycles. The lowest BCUT2D eigenvalue weighted by molar-refractivity contribution is -0.242. The number of carbonyl (C=O) groups excluding carboxylic acids is 3. The number of Topliss-reactive ketones (excluding diaryl/α,β-unsaturated/α-hetero) is 1. The van der Waals surface area contributed by atoms with E-state index in [0.717, 1.165) is 42.7 Å². The first-order valence-corrected chi connectivity index (χ1v) is 11.1. The molecule has 1 aromatic heterocycles. The maximum absolute atomic E-state index is 13.3. The molecule has 0 radical (unpaired) electrons. The zero-order chi connectivity index (χ0) is 26.0. The maximum atomic E-state index is 13.3. The van der Waals surface area contributed by atoms with Gasteiger partial charge in [-0.05, 0) is 66.8 Å². The molecule has 0 unspecified atom stereocenters. The third-order valence-corrected chi connectivity index (χ3v) is 5.80. The SMILES string of the molecule is Cc1cc(NC(=O)[O-])c(NC(=O)CC(=O)c2cccc(-c3ccnc(C4CC4)c3)c2)cc1C(F)(F)F. The quantitative estimate of drug-likeness (QED) is 0.356. The summed E-state index contributed by atoms with van der Waals surface area (Å²) in [6.07, 6.45) is -3.26. The Morgan fingerprint density at radius 2 is 1.69 bits per heavy atom. The van der Waals surface area contributed by atoms with Crippen molar-refractivity contribution in [2.45, 2.75) is 38.3 Å². The van der Waals surface area contributed by atoms with Gasteiger partial charge in [-0.2, -0.15) is 13.2 Å². The summed E-state index contributed by atoms with van der Waals surface area (Å²) in [6, 6.07) is 12.0. The van der Waals surface area contributed by atoms with Crippen LogP contribution in [0.5, 0.6) is 0 Å². The van der Waals surface area contributed by atoms with Gasteiger partial charge in [-0.15, -0.1) is 0 Å². The molecule has 10 heteroatoms. The largest absolute Gasteiger partial charge is 0.530 e. The summed E-state index contributed by atoms with van der Waals surface area (Å²) in [5.41, 5.74) is 0.839. The fraction of sp³-hybridized carbons (Fsp3) is 0.231. The summed E-state index contributed by atoms with van der Waals surface area (Å²) in [6.45, 7) is 1.15. The molecule has 1 heterocycles. The van der Waals surface area contributed by atoms with Gasteiger partial charge in [0.2, 0.25) is 5.91 Å². The molecule has 186 valence electrons. The number of pyridine rings is 1. The number of rotatable bonds is 7. The van der Waals surface area contributed by atoms with Crippen LogP contribution in [0.4, 0.5) is 29.3 Å². The second-order valence-corrected chi connectivity index (χ2v) is 8.60. The van der Waals surface area contributed by atoms with Crippen LogP contribution in [0.2, 0.25) is 0 Å². The van der Waals surface area contributed by atoms with Crippen molar-refractivity contribution in [3.05, 3.63) is 77.1 Å². The number of nitrogens with one attached hydrogen (secondary N) is 2. The number of hydrogen-bond donors (Lipinski definition) is 2. The average molecular weight is 496 g/mol. The summed E-state index contributed by atoms with van der Waals surface area (Å²) in [4.78, 5) is 40.7. The molecule has 0 spiro atoms. The van der Waals surface area contributed by atoms with E-state index >= 15 is 0 Å². The van der Waals surface area contributed by atoms with E-state index in [0.29, 0.717) is 12.0 Å². The van der Waals surface area contributed by atoms with E-state index in [1.165, 1.54) is 0 Å². The number of halogens is 3. The molecule has 2 aromatic carbocycles. The molecule has 2 amide bonds. The molecule has 1 saturated carbocycles. The molecule has 4 rings (SSSR count). The molecule has 0 saturated heterocycles. The number of alkyl halides is 3. The second-order valence-electron chi connectivity index (χ2n) is 8.60. The number of benzene rings is 2. The van der Waals surface area contributed by atoms with Gasteiger partial charge < -0.3 is 20.5 Å². The van der Waals surface area contributed by atoms with Crippen LogP contribution in [0, 0.1) is 6.92 Å². The Balaban J connectivity index is 1.52. The van der Waals surface area contributed by atoms with Gasteiger partial charge in [-0.1, -0.05) is 18.2 Å². The number of nitrogens with zero attached hydrogens (tertiary/aromatic N) is 1. The van der Waals surface area contributed by atoms with Gasteiger partial charge >= 0.3 is 6.18 Å². The Morgan fingerprint density at radius 3 is 2.36 bits per heavy atom. The standard InChI is InChI=1S/C26H22F3N3O4/c1-14-9-21(32-25(35)36)22(12-19(14)26(27,28)29)31-24(34)13-23(33)18-4-2-3-16(10-18)17-7-8-30-20(11-17)15-5-6-15/h2-4,7-12,15,32H,5-6,13H2,1H3,(H,31,34)(H,35,36)/p-1. The van der Waals surface area contributed by atoms with Crippen LogP contribution in [-0.4, -0.2) is 22.8 Å². The Labute approximate surface area is 204 Å². The molecule has 0 bridgehead atoms. The Kier molecular flexibility index (Phi) is 6.78. The highest BCUT2D eigenvalue weighted by Crippen LogP contribution is 2.40. The smallest absolute Gasteiger partial charge is 0.416 e. The Hall–Kier alpha value is -4.21. The van der Waals surface area contributed by atoms with Crippen molar-refractivity contribution in [2.24, 2.45) is 0 Å². The van der Waals surface area contributed by atoms with E-state index in [4.69, 9.17) is 0 Å². The van der Waals surface area contributed by atoms with Crippen LogP contribution in [-0.2, 0) is 11.0 Å². The van der Waals surface area contributed by atoms with Crippen molar-refractivity contribution < 1.29 is 32.7 Å². The summed E-state index contributed by atoms with van der Waals surface area (Å²) >= 11 is 0. The molecule has 36 heavy (non-hydrogen) atoms. The monoisotopic (exact) mass is 496 g/mol. The molecule has 1 fully saturated rings. The van der Waals surface area contributed by atoms with Gasteiger partial charge in [0, 0.05) is 23.4 Å². The highest BCUT2D eigenvalue weighted by atomic mass is 19.4. The third kappa shape index (κ3) is 5.88. The lowest BCUT2D eigenvalue weighted by atomic mass is 9.99. The summed E-state index contributed by atoms with van der Waals surface area (Å²) in [5, 5.41) is 15.0. The highest BCUT2D eigenvalue weighted by Gasteiger charge is 2.33. The fourth-order valence-corrected chi connectivity index (χ4v) is 3.87. The van der Waals surface area contributed by atoms with Crippen molar-refractivity contribution in [2.75, 3.05) is 10.6 Å². The number of carboxylic acid groups (broad SMARTS) is 1. The average Bonchev–Trinajstić information content (AvgIpc) is 3.65. The summed E-state index contributed by atoms with van der Waals surface area (Å²) in [5.74, 6) is -0.999.